The van der Waals surface area contributed by atoms with Gasteiger partial charge in [-0.2, -0.15) is 0 Å². The quantitative estimate of drug-likeness (QED) is 0.563. The summed E-state index contributed by atoms with van der Waals surface area (Å²) in [5.41, 5.74) is -0.802. The molecule has 0 amide bonds. The van der Waals surface area contributed by atoms with Crippen LogP contribution in [0.3, 0.4) is 0 Å². The normalized spacial score (nSPS) is 17.1. The molecule has 0 aliphatic rings. The zero-order chi connectivity index (χ0) is 11.4. The molecular formula is C10H23NO3. The summed E-state index contributed by atoms with van der Waals surface area (Å²) in [5, 5.41) is 28.1. The van der Waals surface area contributed by atoms with Gasteiger partial charge in [-0.05, 0) is 27.7 Å². The van der Waals surface area contributed by atoms with Crippen LogP contribution in [0.5, 0.6) is 0 Å². The van der Waals surface area contributed by atoms with Crippen LogP contribution in [-0.4, -0.2) is 57.7 Å². The molecule has 0 bridgehead atoms. The van der Waals surface area contributed by atoms with E-state index in [4.69, 9.17) is 0 Å². The van der Waals surface area contributed by atoms with E-state index < -0.39 is 17.8 Å². The van der Waals surface area contributed by atoms with Gasteiger partial charge < -0.3 is 15.3 Å². The minimum Gasteiger partial charge on any atom is -0.392 e. The second kappa shape index (κ2) is 5.66. The van der Waals surface area contributed by atoms with Gasteiger partial charge in [-0.25, -0.2) is 0 Å². The van der Waals surface area contributed by atoms with Gasteiger partial charge in [-0.1, -0.05) is 0 Å². The maximum Gasteiger partial charge on any atom is 0.0718 e. The number of nitrogens with zero attached hydrogens (tertiary/aromatic N) is 1. The molecule has 4 heteroatoms. The van der Waals surface area contributed by atoms with Gasteiger partial charge in [0.05, 0.1) is 17.8 Å². The minimum absolute atomic E-state index is 0.447. The molecule has 2 atom stereocenters. The van der Waals surface area contributed by atoms with Crippen LogP contribution < -0.4 is 0 Å². The van der Waals surface area contributed by atoms with Gasteiger partial charge in [0, 0.05) is 19.6 Å². The second-order valence-corrected chi connectivity index (χ2v) is 4.70. The predicted molar refractivity (Wildman–Crippen MR) is 56.1 cm³/mol. The Morgan fingerprint density at radius 3 is 1.64 bits per heavy atom. The Morgan fingerprint density at radius 2 is 1.43 bits per heavy atom. The van der Waals surface area contributed by atoms with Gasteiger partial charge in [0.15, 0.2) is 0 Å². The van der Waals surface area contributed by atoms with E-state index in [1.807, 2.05) is 4.90 Å². The topological polar surface area (TPSA) is 63.9 Å². The Bertz CT molecular complexity index is 142. The standard InChI is InChI=1S/C10H23NO3/c1-8(12)5-11(6-9(2)13)7-10(3,4)14/h8-9,12-14H,5-7H2,1-4H3. The van der Waals surface area contributed by atoms with Crippen molar-refractivity contribution in [1.82, 2.24) is 4.90 Å². The lowest BCUT2D eigenvalue weighted by Gasteiger charge is -2.30. The zero-order valence-electron chi connectivity index (χ0n) is 9.56. The molecule has 0 aliphatic heterocycles. The monoisotopic (exact) mass is 205 g/mol. The lowest BCUT2D eigenvalue weighted by molar-refractivity contribution is 0.00615. The van der Waals surface area contributed by atoms with Crippen LogP contribution in [0, 0.1) is 0 Å². The van der Waals surface area contributed by atoms with E-state index >= 15 is 0 Å². The summed E-state index contributed by atoms with van der Waals surface area (Å²) in [5.74, 6) is 0. The Balaban J connectivity index is 4.11. The van der Waals surface area contributed by atoms with Gasteiger partial charge in [-0.15, -0.1) is 0 Å². The fourth-order valence-corrected chi connectivity index (χ4v) is 1.50. The molecule has 0 aromatic heterocycles. The highest BCUT2D eigenvalue weighted by Gasteiger charge is 2.20. The van der Waals surface area contributed by atoms with Crippen molar-refractivity contribution in [3.8, 4) is 0 Å². The Morgan fingerprint density at radius 1 is 1.07 bits per heavy atom. The van der Waals surface area contributed by atoms with Crippen LogP contribution >= 0.6 is 0 Å². The SMILES string of the molecule is CC(O)CN(CC(C)O)CC(C)(C)O. The molecule has 0 fully saturated rings. The van der Waals surface area contributed by atoms with Crippen LogP contribution in [-0.2, 0) is 0 Å². The predicted octanol–water partition coefficient (Wildman–Crippen LogP) is -0.179. The molecule has 0 aromatic rings. The molecule has 4 nitrogen and oxygen atoms in total. The maximum absolute atomic E-state index is 9.61. The highest BCUT2D eigenvalue weighted by atomic mass is 16.3. The molecule has 2 unspecified atom stereocenters. The van der Waals surface area contributed by atoms with Crippen LogP contribution in [0.2, 0.25) is 0 Å². The van der Waals surface area contributed by atoms with E-state index in [1.165, 1.54) is 0 Å². The molecule has 0 spiro atoms. The summed E-state index contributed by atoms with van der Waals surface area (Å²) in [4.78, 5) is 1.86. The molecule has 0 saturated carbocycles. The summed E-state index contributed by atoms with van der Waals surface area (Å²) in [6, 6.07) is 0. The molecule has 0 aromatic carbocycles. The summed E-state index contributed by atoms with van der Waals surface area (Å²) < 4.78 is 0. The lowest BCUT2D eigenvalue weighted by Crippen LogP contribution is -2.44. The van der Waals surface area contributed by atoms with Crippen molar-refractivity contribution >= 4 is 0 Å². The summed E-state index contributed by atoms with van der Waals surface area (Å²) in [7, 11) is 0. The van der Waals surface area contributed by atoms with Crippen molar-refractivity contribution in [2.45, 2.75) is 45.5 Å². The summed E-state index contributed by atoms with van der Waals surface area (Å²) >= 11 is 0. The van der Waals surface area contributed by atoms with Crippen molar-refractivity contribution < 1.29 is 15.3 Å². The highest BCUT2D eigenvalue weighted by molar-refractivity contribution is 4.74. The average molecular weight is 205 g/mol. The molecule has 0 aliphatic carbocycles. The van der Waals surface area contributed by atoms with Crippen molar-refractivity contribution in [3.63, 3.8) is 0 Å². The molecule has 0 saturated heterocycles. The van der Waals surface area contributed by atoms with E-state index in [9.17, 15) is 15.3 Å². The molecule has 0 heterocycles. The molecular weight excluding hydrogens is 182 g/mol. The molecule has 3 N–H and O–H groups in total. The van der Waals surface area contributed by atoms with Crippen LogP contribution in [0.4, 0.5) is 0 Å². The van der Waals surface area contributed by atoms with Crippen molar-refractivity contribution in [2.75, 3.05) is 19.6 Å². The summed E-state index contributed by atoms with van der Waals surface area (Å²) in [6.07, 6.45) is -0.896. The number of hydrogen-bond donors (Lipinski definition) is 3. The van der Waals surface area contributed by atoms with Gasteiger partial charge in [0.1, 0.15) is 0 Å². The van der Waals surface area contributed by atoms with Crippen molar-refractivity contribution in [1.29, 1.82) is 0 Å². The minimum atomic E-state index is -0.802. The number of hydrogen-bond acceptors (Lipinski definition) is 4. The largest absolute Gasteiger partial charge is 0.392 e. The molecule has 0 rings (SSSR count). The third-order valence-electron chi connectivity index (χ3n) is 1.66. The molecule has 14 heavy (non-hydrogen) atoms. The fraction of sp³-hybridized carbons (Fsp3) is 1.00. The van der Waals surface area contributed by atoms with Crippen molar-refractivity contribution in [2.24, 2.45) is 0 Å². The average Bonchev–Trinajstić information content (AvgIpc) is 1.77. The van der Waals surface area contributed by atoms with Crippen LogP contribution in [0.25, 0.3) is 0 Å². The van der Waals surface area contributed by atoms with E-state index in [1.54, 1.807) is 27.7 Å². The van der Waals surface area contributed by atoms with E-state index in [0.29, 0.717) is 19.6 Å². The Hall–Kier alpha value is -0.160. The second-order valence-electron chi connectivity index (χ2n) is 4.70. The van der Waals surface area contributed by atoms with Crippen molar-refractivity contribution in [3.05, 3.63) is 0 Å². The third kappa shape index (κ3) is 8.44. The Kier molecular flexibility index (Phi) is 5.59. The first-order valence-corrected chi connectivity index (χ1v) is 5.01. The van der Waals surface area contributed by atoms with Crippen LogP contribution in [0.1, 0.15) is 27.7 Å². The fourth-order valence-electron chi connectivity index (χ4n) is 1.50. The lowest BCUT2D eigenvalue weighted by atomic mass is 10.1. The smallest absolute Gasteiger partial charge is 0.0718 e. The first-order valence-electron chi connectivity index (χ1n) is 5.01. The van der Waals surface area contributed by atoms with E-state index in [2.05, 4.69) is 0 Å². The number of rotatable bonds is 6. The van der Waals surface area contributed by atoms with Gasteiger partial charge in [0.2, 0.25) is 0 Å². The van der Waals surface area contributed by atoms with E-state index in [0.717, 1.165) is 0 Å². The Labute approximate surface area is 86.2 Å². The van der Waals surface area contributed by atoms with Crippen LogP contribution in [0.15, 0.2) is 0 Å². The maximum atomic E-state index is 9.61. The molecule has 0 radical (unpaired) electrons. The summed E-state index contributed by atoms with van der Waals surface area (Å²) in [6.45, 7) is 8.19. The van der Waals surface area contributed by atoms with Gasteiger partial charge in [-0.3, -0.25) is 4.90 Å². The molecule has 86 valence electrons. The number of aliphatic hydroxyl groups excluding tert-OH is 2. The van der Waals surface area contributed by atoms with E-state index in [-0.39, 0.29) is 0 Å². The first-order chi connectivity index (χ1) is 6.20. The zero-order valence-corrected chi connectivity index (χ0v) is 9.56. The third-order valence-corrected chi connectivity index (χ3v) is 1.66. The first kappa shape index (κ1) is 13.8. The highest BCUT2D eigenvalue weighted by Crippen LogP contribution is 2.06. The van der Waals surface area contributed by atoms with Gasteiger partial charge in [0.25, 0.3) is 0 Å². The van der Waals surface area contributed by atoms with Gasteiger partial charge >= 0.3 is 0 Å². The number of aliphatic hydroxyl groups is 3.